The van der Waals surface area contributed by atoms with Gasteiger partial charge in [0.25, 0.3) is 0 Å². The lowest BCUT2D eigenvalue weighted by Crippen LogP contribution is -2.42. The van der Waals surface area contributed by atoms with E-state index < -0.39 is 29.0 Å². The smallest absolute Gasteiger partial charge is 0.410 e. The Balaban J connectivity index is 4.97. The van der Waals surface area contributed by atoms with E-state index >= 15 is 0 Å². The summed E-state index contributed by atoms with van der Waals surface area (Å²) in [4.78, 5) is 41.0. The number of ether oxygens (including phenoxy) is 3. The summed E-state index contributed by atoms with van der Waals surface area (Å²) in [6.07, 6.45) is 3.84. The van der Waals surface area contributed by atoms with E-state index in [9.17, 15) is 14.4 Å². The molecule has 0 aliphatic carbocycles. The minimum absolute atomic E-state index is 0.359. The lowest BCUT2D eigenvalue weighted by Gasteiger charge is -2.30. The highest BCUT2D eigenvalue weighted by Gasteiger charge is 2.24. The molecule has 40 heavy (non-hydrogen) atoms. The van der Waals surface area contributed by atoms with Gasteiger partial charge in [-0.1, -0.05) is 6.42 Å². The van der Waals surface area contributed by atoms with Crippen LogP contribution in [0.2, 0.25) is 0 Å². The minimum atomic E-state index is -0.635. The van der Waals surface area contributed by atoms with Crippen LogP contribution in [0.4, 0.5) is 14.4 Å². The number of amides is 3. The van der Waals surface area contributed by atoms with Crippen LogP contribution in [0.1, 0.15) is 101 Å². The molecule has 0 radical (unpaired) electrons. The Morgan fingerprint density at radius 3 is 1.45 bits per heavy atom. The molecule has 0 heterocycles. The third-order valence-corrected chi connectivity index (χ3v) is 5.27. The van der Waals surface area contributed by atoms with Gasteiger partial charge in [0, 0.05) is 32.7 Å². The molecule has 11 heteroatoms. The van der Waals surface area contributed by atoms with E-state index in [1.165, 1.54) is 0 Å². The summed E-state index contributed by atoms with van der Waals surface area (Å²) < 4.78 is 16.5. The number of unbranched alkanes of at least 4 members (excludes halogenated alkanes) is 2. The second kappa shape index (κ2) is 19.0. The summed E-state index contributed by atoms with van der Waals surface area (Å²) in [5, 5.41) is 6.14. The Hall–Kier alpha value is -2.27. The molecule has 0 saturated carbocycles. The zero-order valence-electron chi connectivity index (χ0n) is 26.8. The maximum absolute atomic E-state index is 12.9. The van der Waals surface area contributed by atoms with Crippen molar-refractivity contribution in [2.24, 2.45) is 5.73 Å². The van der Waals surface area contributed by atoms with Gasteiger partial charge in [0.15, 0.2) is 0 Å². The maximum atomic E-state index is 12.9. The Labute approximate surface area is 243 Å². The average molecular weight is 574 g/mol. The van der Waals surface area contributed by atoms with Gasteiger partial charge in [-0.2, -0.15) is 0 Å². The van der Waals surface area contributed by atoms with Crippen LogP contribution in [0.3, 0.4) is 0 Å². The zero-order valence-corrected chi connectivity index (χ0v) is 26.8. The van der Waals surface area contributed by atoms with Gasteiger partial charge in [-0.3, -0.25) is 0 Å². The number of carbonyl (C=O) groups is 3. The van der Waals surface area contributed by atoms with Gasteiger partial charge in [-0.05, 0) is 114 Å². The van der Waals surface area contributed by atoms with E-state index in [0.717, 1.165) is 45.3 Å². The number of nitrogens with one attached hydrogen (secondary N) is 2. The second-order valence-corrected chi connectivity index (χ2v) is 13.0. The molecule has 0 aliphatic rings. The Bertz CT molecular complexity index is 728. The topological polar surface area (TPSA) is 135 Å². The Kier molecular flexibility index (Phi) is 17.9. The van der Waals surface area contributed by atoms with Crippen LogP contribution < -0.4 is 16.4 Å². The molecular weight excluding hydrogens is 514 g/mol. The van der Waals surface area contributed by atoms with E-state index in [1.54, 1.807) is 30.6 Å². The summed E-state index contributed by atoms with van der Waals surface area (Å²) in [5.41, 5.74) is 3.73. The van der Waals surface area contributed by atoms with E-state index in [-0.39, 0.29) is 6.09 Å². The number of nitrogens with zero attached hydrogens (tertiary/aromatic N) is 2. The lowest BCUT2D eigenvalue weighted by atomic mass is 10.2. The standard InChI is InChI=1S/C29H59N5O6/c1-27(2,3)38-24(35)32-19-14-21-34(26(37)40-29(7,8)9)23-15-22-33(25(36)39-28(4,5)6)20-13-18-31-17-12-10-11-16-30/h31H,10-23,30H2,1-9H3,(H,32,35). The van der Waals surface area contributed by atoms with Gasteiger partial charge < -0.3 is 40.4 Å². The van der Waals surface area contributed by atoms with Crippen molar-refractivity contribution in [1.29, 1.82) is 0 Å². The van der Waals surface area contributed by atoms with Gasteiger partial charge in [-0.25, -0.2) is 14.4 Å². The first kappa shape index (κ1) is 37.7. The largest absolute Gasteiger partial charge is 0.444 e. The van der Waals surface area contributed by atoms with Crippen molar-refractivity contribution in [3.05, 3.63) is 0 Å². The summed E-state index contributed by atoms with van der Waals surface area (Å²) >= 11 is 0. The molecule has 0 spiro atoms. The van der Waals surface area contributed by atoms with E-state index in [2.05, 4.69) is 10.6 Å². The fourth-order valence-corrected chi connectivity index (χ4v) is 3.56. The van der Waals surface area contributed by atoms with Crippen LogP contribution in [0.25, 0.3) is 0 Å². The molecule has 0 fully saturated rings. The van der Waals surface area contributed by atoms with Crippen LogP contribution in [-0.4, -0.2) is 97.2 Å². The first-order valence-corrected chi connectivity index (χ1v) is 14.8. The molecule has 0 unspecified atom stereocenters. The maximum Gasteiger partial charge on any atom is 0.410 e. The Morgan fingerprint density at radius 2 is 1.00 bits per heavy atom. The second-order valence-electron chi connectivity index (χ2n) is 13.0. The normalized spacial score (nSPS) is 12.1. The number of hydrogen-bond acceptors (Lipinski definition) is 8. The number of hydrogen-bond donors (Lipinski definition) is 3. The molecule has 0 atom stereocenters. The molecule has 3 amide bonds. The van der Waals surface area contributed by atoms with E-state index in [1.807, 2.05) is 41.5 Å². The highest BCUT2D eigenvalue weighted by Crippen LogP contribution is 2.13. The number of rotatable bonds is 17. The van der Waals surface area contributed by atoms with Crippen LogP contribution in [0.5, 0.6) is 0 Å². The van der Waals surface area contributed by atoms with Crippen molar-refractivity contribution < 1.29 is 28.6 Å². The molecule has 236 valence electrons. The van der Waals surface area contributed by atoms with Crippen molar-refractivity contribution in [3.63, 3.8) is 0 Å². The molecule has 0 aromatic rings. The first-order valence-electron chi connectivity index (χ1n) is 14.8. The van der Waals surface area contributed by atoms with E-state index in [4.69, 9.17) is 19.9 Å². The fourth-order valence-electron chi connectivity index (χ4n) is 3.56. The van der Waals surface area contributed by atoms with Crippen LogP contribution in [0, 0.1) is 0 Å². The molecule has 11 nitrogen and oxygen atoms in total. The third-order valence-electron chi connectivity index (χ3n) is 5.27. The SMILES string of the molecule is CC(C)(C)OC(=O)NCCCN(CCCN(CCCNCCCCCN)C(=O)OC(C)(C)C)C(=O)OC(C)(C)C. The van der Waals surface area contributed by atoms with Crippen LogP contribution in [0.15, 0.2) is 0 Å². The lowest BCUT2D eigenvalue weighted by molar-refractivity contribution is 0.0203. The predicted molar refractivity (Wildman–Crippen MR) is 159 cm³/mol. The highest BCUT2D eigenvalue weighted by molar-refractivity contribution is 5.69. The summed E-state index contributed by atoms with van der Waals surface area (Å²) in [6, 6.07) is 0. The van der Waals surface area contributed by atoms with Crippen LogP contribution >= 0.6 is 0 Å². The van der Waals surface area contributed by atoms with E-state index in [0.29, 0.717) is 45.6 Å². The quantitative estimate of drug-likeness (QED) is 0.166. The fraction of sp³-hybridized carbons (Fsp3) is 0.897. The van der Waals surface area contributed by atoms with Gasteiger partial charge in [0.2, 0.25) is 0 Å². The third kappa shape index (κ3) is 22.5. The molecule has 0 bridgehead atoms. The number of alkyl carbamates (subject to hydrolysis) is 1. The van der Waals surface area contributed by atoms with Gasteiger partial charge in [0.1, 0.15) is 16.8 Å². The van der Waals surface area contributed by atoms with Gasteiger partial charge in [-0.15, -0.1) is 0 Å². The van der Waals surface area contributed by atoms with Crippen molar-refractivity contribution in [2.75, 3.05) is 52.4 Å². The molecule has 0 rings (SSSR count). The highest BCUT2D eigenvalue weighted by atomic mass is 16.6. The van der Waals surface area contributed by atoms with Crippen molar-refractivity contribution in [1.82, 2.24) is 20.4 Å². The zero-order chi connectivity index (χ0) is 30.8. The van der Waals surface area contributed by atoms with Gasteiger partial charge >= 0.3 is 18.3 Å². The molecule has 0 saturated heterocycles. The number of carbonyl (C=O) groups excluding carboxylic acids is 3. The average Bonchev–Trinajstić information content (AvgIpc) is 2.77. The molecule has 0 aliphatic heterocycles. The van der Waals surface area contributed by atoms with Crippen molar-refractivity contribution in [2.45, 2.75) is 118 Å². The summed E-state index contributed by atoms with van der Waals surface area (Å²) in [7, 11) is 0. The molecule has 0 aromatic heterocycles. The monoisotopic (exact) mass is 573 g/mol. The minimum Gasteiger partial charge on any atom is -0.444 e. The van der Waals surface area contributed by atoms with Crippen LogP contribution in [-0.2, 0) is 14.2 Å². The number of nitrogens with two attached hydrogens (primary N) is 1. The van der Waals surface area contributed by atoms with Gasteiger partial charge in [0.05, 0.1) is 0 Å². The first-order chi connectivity index (χ1) is 18.4. The summed E-state index contributed by atoms with van der Waals surface area (Å²) in [5.74, 6) is 0. The molecule has 4 N–H and O–H groups in total. The molecular formula is C29H59N5O6. The summed E-state index contributed by atoms with van der Waals surface area (Å²) in [6.45, 7) is 21.0. The molecule has 0 aromatic carbocycles. The van der Waals surface area contributed by atoms with Crippen molar-refractivity contribution >= 4 is 18.3 Å². The predicted octanol–water partition coefficient (Wildman–Crippen LogP) is 4.87. The Morgan fingerprint density at radius 1 is 0.575 bits per heavy atom. The van der Waals surface area contributed by atoms with Crippen molar-refractivity contribution in [3.8, 4) is 0 Å².